The maximum atomic E-state index is 12.4. The molecule has 2 rings (SSSR count). The van der Waals surface area contributed by atoms with Gasteiger partial charge in [0.1, 0.15) is 6.04 Å². The van der Waals surface area contributed by atoms with Gasteiger partial charge in [0.15, 0.2) is 0 Å². The number of piperidine rings is 1. The van der Waals surface area contributed by atoms with Gasteiger partial charge in [-0.15, -0.1) is 0 Å². The molecule has 0 saturated carbocycles. The second-order valence-corrected chi connectivity index (χ2v) is 7.75. The number of benzene rings is 1. The Labute approximate surface area is 140 Å². The summed E-state index contributed by atoms with van der Waals surface area (Å²) in [5.74, 6) is -0.764. The number of sulfonamides is 1. The third-order valence-electron chi connectivity index (χ3n) is 3.51. The van der Waals surface area contributed by atoms with E-state index in [2.05, 4.69) is 10.6 Å². The minimum Gasteiger partial charge on any atom is -0.354 e. The zero-order chi connectivity index (χ0) is 17.0. The fourth-order valence-corrected chi connectivity index (χ4v) is 3.48. The molecule has 1 aromatic rings. The number of hydrogen-bond acceptors (Lipinski definition) is 4. The first kappa shape index (κ1) is 17.7. The van der Waals surface area contributed by atoms with Crippen LogP contribution in [-0.4, -0.2) is 50.7 Å². The standard InChI is InChI=1S/C14H18ClN3O4S/c1-18(23(21,22)11-6-4-10(15)5-7-11)9-13(19)17-12-3-2-8-16-14(12)20/h4-7,12H,2-3,8-9H2,1H3,(H,16,20)(H,17,19). The fraction of sp³-hybridized carbons (Fsp3) is 0.429. The SMILES string of the molecule is CN(CC(=O)NC1CCCNC1=O)S(=O)(=O)c1ccc(Cl)cc1. The number of halogens is 1. The van der Waals surface area contributed by atoms with Crippen LogP contribution in [0.5, 0.6) is 0 Å². The van der Waals surface area contributed by atoms with Crippen molar-refractivity contribution in [3.63, 3.8) is 0 Å². The summed E-state index contributed by atoms with van der Waals surface area (Å²) >= 11 is 5.74. The van der Waals surface area contributed by atoms with Crippen LogP contribution in [0.4, 0.5) is 0 Å². The van der Waals surface area contributed by atoms with Crippen LogP contribution in [0.1, 0.15) is 12.8 Å². The van der Waals surface area contributed by atoms with Crippen LogP contribution < -0.4 is 10.6 Å². The molecule has 0 aromatic heterocycles. The zero-order valence-corrected chi connectivity index (χ0v) is 14.2. The molecule has 1 aliphatic rings. The van der Waals surface area contributed by atoms with E-state index < -0.39 is 22.0 Å². The Bertz CT molecular complexity index is 690. The van der Waals surface area contributed by atoms with Gasteiger partial charge in [0, 0.05) is 18.6 Å². The third kappa shape index (κ3) is 4.43. The fourth-order valence-electron chi connectivity index (χ4n) is 2.22. The minimum absolute atomic E-state index is 0.0487. The predicted octanol–water partition coefficient (Wildman–Crippen LogP) is 0.355. The van der Waals surface area contributed by atoms with E-state index in [-0.39, 0.29) is 17.3 Å². The molecule has 23 heavy (non-hydrogen) atoms. The summed E-state index contributed by atoms with van der Waals surface area (Å²) in [6.07, 6.45) is 1.32. The average molecular weight is 360 g/mol. The van der Waals surface area contributed by atoms with Crippen LogP contribution in [0, 0.1) is 0 Å². The molecule has 1 unspecified atom stereocenters. The van der Waals surface area contributed by atoms with E-state index in [4.69, 9.17) is 11.6 Å². The zero-order valence-electron chi connectivity index (χ0n) is 12.6. The lowest BCUT2D eigenvalue weighted by atomic mass is 10.1. The van der Waals surface area contributed by atoms with Crippen LogP contribution in [-0.2, 0) is 19.6 Å². The highest BCUT2D eigenvalue weighted by molar-refractivity contribution is 7.89. The van der Waals surface area contributed by atoms with Gasteiger partial charge in [-0.1, -0.05) is 11.6 Å². The van der Waals surface area contributed by atoms with E-state index in [1.165, 1.54) is 31.3 Å². The quantitative estimate of drug-likeness (QED) is 0.793. The number of hydrogen-bond donors (Lipinski definition) is 2. The van der Waals surface area contributed by atoms with Gasteiger partial charge in [0.25, 0.3) is 0 Å². The van der Waals surface area contributed by atoms with Crippen molar-refractivity contribution in [2.75, 3.05) is 20.1 Å². The van der Waals surface area contributed by atoms with Crippen molar-refractivity contribution in [3.8, 4) is 0 Å². The molecule has 7 nitrogen and oxygen atoms in total. The summed E-state index contributed by atoms with van der Waals surface area (Å²) < 4.78 is 25.7. The van der Waals surface area contributed by atoms with Crippen molar-refractivity contribution < 1.29 is 18.0 Å². The van der Waals surface area contributed by atoms with Gasteiger partial charge in [-0.25, -0.2) is 8.42 Å². The van der Waals surface area contributed by atoms with Gasteiger partial charge >= 0.3 is 0 Å². The molecule has 0 spiro atoms. The van der Waals surface area contributed by atoms with Crippen LogP contribution in [0.2, 0.25) is 5.02 Å². The number of amides is 2. The van der Waals surface area contributed by atoms with E-state index in [0.717, 1.165) is 10.7 Å². The second-order valence-electron chi connectivity index (χ2n) is 5.27. The molecule has 2 amide bonds. The Morgan fingerprint density at radius 3 is 2.65 bits per heavy atom. The number of rotatable bonds is 5. The molecule has 0 bridgehead atoms. The summed E-state index contributed by atoms with van der Waals surface area (Å²) in [5.41, 5.74) is 0. The molecule has 9 heteroatoms. The van der Waals surface area contributed by atoms with Crippen LogP contribution in [0.25, 0.3) is 0 Å². The average Bonchev–Trinajstić information content (AvgIpc) is 2.50. The van der Waals surface area contributed by atoms with Gasteiger partial charge in [0.05, 0.1) is 11.4 Å². The number of nitrogens with one attached hydrogen (secondary N) is 2. The van der Waals surface area contributed by atoms with Crippen LogP contribution >= 0.6 is 11.6 Å². The lowest BCUT2D eigenvalue weighted by Gasteiger charge is -2.24. The first-order chi connectivity index (χ1) is 10.8. The van der Waals surface area contributed by atoms with Crippen molar-refractivity contribution in [1.29, 1.82) is 0 Å². The molecule has 0 radical (unpaired) electrons. The van der Waals surface area contributed by atoms with Gasteiger partial charge in [0.2, 0.25) is 21.8 Å². The highest BCUT2D eigenvalue weighted by Crippen LogP contribution is 2.17. The van der Waals surface area contributed by atoms with E-state index >= 15 is 0 Å². The van der Waals surface area contributed by atoms with Crippen LogP contribution in [0.15, 0.2) is 29.2 Å². The smallest absolute Gasteiger partial charge is 0.243 e. The van der Waals surface area contributed by atoms with Crippen LogP contribution in [0.3, 0.4) is 0 Å². The van der Waals surface area contributed by atoms with E-state index in [9.17, 15) is 18.0 Å². The highest BCUT2D eigenvalue weighted by Gasteiger charge is 2.27. The highest BCUT2D eigenvalue weighted by atomic mass is 35.5. The van der Waals surface area contributed by atoms with Crippen molar-refractivity contribution in [2.45, 2.75) is 23.8 Å². The molecule has 2 N–H and O–H groups in total. The molecular formula is C14H18ClN3O4S. The first-order valence-electron chi connectivity index (χ1n) is 7.09. The third-order valence-corrected chi connectivity index (χ3v) is 5.58. The molecule has 1 heterocycles. The monoisotopic (exact) mass is 359 g/mol. The molecule has 1 saturated heterocycles. The van der Waals surface area contributed by atoms with Crippen molar-refractivity contribution in [1.82, 2.24) is 14.9 Å². The van der Waals surface area contributed by atoms with Gasteiger partial charge in [-0.2, -0.15) is 4.31 Å². The maximum absolute atomic E-state index is 12.4. The Kier molecular flexibility index (Phi) is 5.61. The van der Waals surface area contributed by atoms with Gasteiger partial charge in [-0.3, -0.25) is 9.59 Å². The summed E-state index contributed by atoms with van der Waals surface area (Å²) in [6.45, 7) is 0.227. The molecular weight excluding hydrogens is 342 g/mol. The Balaban J connectivity index is 1.99. The summed E-state index contributed by atoms with van der Waals surface area (Å²) in [4.78, 5) is 23.6. The van der Waals surface area contributed by atoms with Gasteiger partial charge in [-0.05, 0) is 37.1 Å². The van der Waals surface area contributed by atoms with Gasteiger partial charge < -0.3 is 10.6 Å². The summed E-state index contributed by atoms with van der Waals surface area (Å²) in [5, 5.41) is 5.63. The van der Waals surface area contributed by atoms with Crippen molar-refractivity contribution in [2.24, 2.45) is 0 Å². The molecule has 126 valence electrons. The molecule has 1 atom stereocenters. The lowest BCUT2D eigenvalue weighted by molar-refractivity contribution is -0.130. The maximum Gasteiger partial charge on any atom is 0.243 e. The normalized spacial score (nSPS) is 18.6. The molecule has 1 fully saturated rings. The summed E-state index contributed by atoms with van der Waals surface area (Å²) in [6, 6.07) is 5.08. The summed E-state index contributed by atoms with van der Waals surface area (Å²) in [7, 11) is -2.48. The predicted molar refractivity (Wildman–Crippen MR) is 85.4 cm³/mol. The Morgan fingerprint density at radius 2 is 2.04 bits per heavy atom. The first-order valence-corrected chi connectivity index (χ1v) is 8.91. The number of likely N-dealkylation sites (N-methyl/N-ethyl adjacent to an activating group) is 1. The molecule has 1 aliphatic heterocycles. The largest absolute Gasteiger partial charge is 0.354 e. The number of carbonyl (C=O) groups excluding carboxylic acids is 2. The minimum atomic E-state index is -3.79. The van der Waals surface area contributed by atoms with E-state index in [1.54, 1.807) is 0 Å². The van der Waals surface area contributed by atoms with Crippen molar-refractivity contribution >= 4 is 33.4 Å². The van der Waals surface area contributed by atoms with E-state index in [0.29, 0.717) is 18.0 Å². The number of nitrogens with zero attached hydrogens (tertiary/aromatic N) is 1. The lowest BCUT2D eigenvalue weighted by Crippen LogP contribution is -2.52. The molecule has 0 aliphatic carbocycles. The Hall–Kier alpha value is -1.64. The topological polar surface area (TPSA) is 95.6 Å². The van der Waals surface area contributed by atoms with E-state index in [1.807, 2.05) is 0 Å². The van der Waals surface area contributed by atoms with Crippen molar-refractivity contribution in [3.05, 3.63) is 29.3 Å². The number of carbonyl (C=O) groups is 2. The Morgan fingerprint density at radius 1 is 1.39 bits per heavy atom. The second kappa shape index (κ2) is 7.29. The molecule has 1 aromatic carbocycles.